The molecule has 1 saturated heterocycles. The second kappa shape index (κ2) is 7.96. The van der Waals surface area contributed by atoms with Crippen LogP contribution in [0.15, 0.2) is 47.9 Å². The molecule has 0 bridgehead atoms. The average molecular weight is 377 g/mol. The van der Waals surface area contributed by atoms with Gasteiger partial charge in [0, 0.05) is 19.1 Å². The Morgan fingerprint density at radius 3 is 2.58 bits per heavy atom. The summed E-state index contributed by atoms with van der Waals surface area (Å²) in [5.74, 6) is -0.285. The number of piperidine rings is 1. The molecule has 8 nitrogen and oxygen atoms in total. The van der Waals surface area contributed by atoms with Crippen LogP contribution in [0.5, 0.6) is 0 Å². The predicted molar refractivity (Wildman–Crippen MR) is 95.6 cm³/mol. The number of hydrogen-bond donors (Lipinski definition) is 1. The molecule has 140 valence electrons. The van der Waals surface area contributed by atoms with E-state index in [0.29, 0.717) is 37.4 Å². The van der Waals surface area contributed by atoms with Crippen LogP contribution in [0, 0.1) is 5.92 Å². The van der Waals surface area contributed by atoms with Gasteiger partial charge in [-0.3, -0.25) is 9.48 Å². The lowest BCUT2D eigenvalue weighted by Gasteiger charge is -2.32. The first-order chi connectivity index (χ1) is 12.5. The number of aromatic nitrogens is 3. The molecule has 1 aromatic heterocycles. The molecular formula is C17H23N5O3S. The van der Waals surface area contributed by atoms with Crippen molar-refractivity contribution in [2.45, 2.75) is 37.2 Å². The van der Waals surface area contributed by atoms with E-state index in [2.05, 4.69) is 15.4 Å². The van der Waals surface area contributed by atoms with E-state index in [-0.39, 0.29) is 17.9 Å². The quantitative estimate of drug-likeness (QED) is 0.806. The number of benzene rings is 1. The number of rotatable bonds is 6. The van der Waals surface area contributed by atoms with Crippen molar-refractivity contribution in [3.8, 4) is 0 Å². The molecule has 2 aromatic rings. The van der Waals surface area contributed by atoms with Gasteiger partial charge in [0.1, 0.15) is 12.7 Å². The number of sulfonamides is 1. The van der Waals surface area contributed by atoms with Crippen LogP contribution in [0.2, 0.25) is 0 Å². The highest BCUT2D eigenvalue weighted by molar-refractivity contribution is 7.89. The monoisotopic (exact) mass is 377 g/mol. The molecule has 2 heterocycles. The Labute approximate surface area is 153 Å². The lowest BCUT2D eigenvalue weighted by molar-refractivity contribution is -0.125. The average Bonchev–Trinajstić information content (AvgIpc) is 3.16. The predicted octanol–water partition coefficient (Wildman–Crippen LogP) is 0.884. The number of hydrogen-bond acceptors (Lipinski definition) is 5. The van der Waals surface area contributed by atoms with Crippen LogP contribution in [-0.2, 0) is 21.4 Å². The van der Waals surface area contributed by atoms with Crippen LogP contribution in [0.4, 0.5) is 0 Å². The molecule has 0 aliphatic carbocycles. The molecule has 0 spiro atoms. The second-order valence-corrected chi connectivity index (χ2v) is 8.46. The van der Waals surface area contributed by atoms with E-state index in [9.17, 15) is 13.2 Å². The Bertz CT molecular complexity index is 815. The zero-order valence-electron chi connectivity index (χ0n) is 14.7. The smallest absolute Gasteiger partial charge is 0.243 e. The Morgan fingerprint density at radius 1 is 1.27 bits per heavy atom. The lowest BCUT2D eigenvalue weighted by atomic mass is 10.0. The molecule has 0 radical (unpaired) electrons. The third kappa shape index (κ3) is 4.28. The normalized spacial score (nSPS) is 17.7. The van der Waals surface area contributed by atoms with Crippen LogP contribution in [0.3, 0.4) is 0 Å². The summed E-state index contributed by atoms with van der Waals surface area (Å²) in [6, 6.07) is 8.43. The standard InChI is InChI=1S/C17H23N5O3S/c1-14(11-21-13-18-12-19-21)17(23)20-15-7-9-22(10-8-15)26(24,25)16-5-3-2-4-6-16/h2-6,12-15H,7-11H2,1H3,(H,20,23)/t14-/m1/s1. The number of carbonyl (C=O) groups excluding carboxylic acids is 1. The van der Waals surface area contributed by atoms with Gasteiger partial charge in [0.2, 0.25) is 15.9 Å². The summed E-state index contributed by atoms with van der Waals surface area (Å²) in [5, 5.41) is 7.02. The summed E-state index contributed by atoms with van der Waals surface area (Å²) in [5.41, 5.74) is 0. The summed E-state index contributed by atoms with van der Waals surface area (Å²) in [6.07, 6.45) is 4.23. The molecule has 1 N–H and O–H groups in total. The number of carbonyl (C=O) groups is 1. The Balaban J connectivity index is 1.51. The van der Waals surface area contributed by atoms with Crippen LogP contribution in [-0.4, -0.2) is 52.5 Å². The van der Waals surface area contributed by atoms with E-state index in [0.717, 1.165) is 0 Å². The van der Waals surface area contributed by atoms with Crippen molar-refractivity contribution in [3.63, 3.8) is 0 Å². The zero-order chi connectivity index (χ0) is 18.6. The van der Waals surface area contributed by atoms with E-state index in [1.807, 2.05) is 6.92 Å². The van der Waals surface area contributed by atoms with Gasteiger partial charge in [-0.15, -0.1) is 0 Å². The SMILES string of the molecule is C[C@H](Cn1cncn1)C(=O)NC1CCN(S(=O)(=O)c2ccccc2)CC1. The fourth-order valence-electron chi connectivity index (χ4n) is 3.02. The molecule has 3 rings (SSSR count). The minimum Gasteiger partial charge on any atom is -0.353 e. The summed E-state index contributed by atoms with van der Waals surface area (Å²) in [4.78, 5) is 16.5. The van der Waals surface area contributed by atoms with Gasteiger partial charge in [0.05, 0.1) is 17.4 Å². The molecule has 1 amide bonds. The third-order valence-corrected chi connectivity index (χ3v) is 6.47. The van der Waals surface area contributed by atoms with Gasteiger partial charge in [0.15, 0.2) is 0 Å². The third-order valence-electron chi connectivity index (χ3n) is 4.56. The molecular weight excluding hydrogens is 354 g/mol. The number of nitrogens with one attached hydrogen (secondary N) is 1. The maximum absolute atomic E-state index is 12.6. The minimum absolute atomic E-state index is 0.0112. The van der Waals surface area contributed by atoms with Crippen LogP contribution >= 0.6 is 0 Å². The zero-order valence-corrected chi connectivity index (χ0v) is 15.5. The van der Waals surface area contributed by atoms with Crippen LogP contribution < -0.4 is 5.32 Å². The van der Waals surface area contributed by atoms with E-state index in [4.69, 9.17) is 0 Å². The fraction of sp³-hybridized carbons (Fsp3) is 0.471. The first-order valence-electron chi connectivity index (χ1n) is 8.65. The van der Waals surface area contributed by atoms with E-state index in [1.54, 1.807) is 41.3 Å². The first kappa shape index (κ1) is 18.5. The van der Waals surface area contributed by atoms with Crippen LogP contribution in [0.1, 0.15) is 19.8 Å². The molecule has 1 aromatic carbocycles. The van der Waals surface area contributed by atoms with Crippen molar-refractivity contribution in [1.29, 1.82) is 0 Å². The molecule has 0 saturated carbocycles. The van der Waals surface area contributed by atoms with E-state index in [1.165, 1.54) is 10.6 Å². The molecule has 1 atom stereocenters. The van der Waals surface area contributed by atoms with Crippen molar-refractivity contribution < 1.29 is 13.2 Å². The van der Waals surface area contributed by atoms with E-state index >= 15 is 0 Å². The van der Waals surface area contributed by atoms with Gasteiger partial charge < -0.3 is 5.32 Å². The molecule has 0 unspecified atom stereocenters. The fourth-order valence-corrected chi connectivity index (χ4v) is 4.51. The second-order valence-electron chi connectivity index (χ2n) is 6.52. The summed E-state index contributed by atoms with van der Waals surface area (Å²) >= 11 is 0. The van der Waals surface area contributed by atoms with Crippen molar-refractivity contribution in [3.05, 3.63) is 43.0 Å². The highest BCUT2D eigenvalue weighted by atomic mass is 32.2. The lowest BCUT2D eigenvalue weighted by Crippen LogP contribution is -2.47. The molecule has 1 fully saturated rings. The maximum atomic E-state index is 12.6. The number of amides is 1. The van der Waals surface area contributed by atoms with Crippen molar-refractivity contribution >= 4 is 15.9 Å². The summed E-state index contributed by atoms with van der Waals surface area (Å²) < 4.78 is 28.4. The number of nitrogens with zero attached hydrogens (tertiary/aromatic N) is 4. The summed E-state index contributed by atoms with van der Waals surface area (Å²) in [7, 11) is -3.46. The van der Waals surface area contributed by atoms with Gasteiger partial charge in [-0.05, 0) is 25.0 Å². The van der Waals surface area contributed by atoms with Gasteiger partial charge in [-0.25, -0.2) is 13.4 Å². The highest BCUT2D eigenvalue weighted by Gasteiger charge is 2.30. The Hall–Kier alpha value is -2.26. The Kier molecular flexibility index (Phi) is 5.67. The summed E-state index contributed by atoms with van der Waals surface area (Å²) in [6.45, 7) is 3.11. The highest BCUT2D eigenvalue weighted by Crippen LogP contribution is 2.20. The van der Waals surface area contributed by atoms with Gasteiger partial charge in [-0.1, -0.05) is 25.1 Å². The molecule has 1 aliphatic heterocycles. The minimum atomic E-state index is -3.46. The molecule has 9 heteroatoms. The molecule has 1 aliphatic rings. The first-order valence-corrected chi connectivity index (χ1v) is 10.1. The maximum Gasteiger partial charge on any atom is 0.243 e. The van der Waals surface area contributed by atoms with Gasteiger partial charge >= 0.3 is 0 Å². The molecule has 26 heavy (non-hydrogen) atoms. The van der Waals surface area contributed by atoms with Crippen molar-refractivity contribution in [2.75, 3.05) is 13.1 Å². The van der Waals surface area contributed by atoms with Crippen LogP contribution in [0.25, 0.3) is 0 Å². The van der Waals surface area contributed by atoms with Crippen molar-refractivity contribution in [2.24, 2.45) is 5.92 Å². The largest absolute Gasteiger partial charge is 0.353 e. The Morgan fingerprint density at radius 2 is 1.96 bits per heavy atom. The van der Waals surface area contributed by atoms with Crippen molar-refractivity contribution in [1.82, 2.24) is 24.4 Å². The topological polar surface area (TPSA) is 97.2 Å². The van der Waals surface area contributed by atoms with Gasteiger partial charge in [0.25, 0.3) is 0 Å². The van der Waals surface area contributed by atoms with Gasteiger partial charge in [-0.2, -0.15) is 9.40 Å². The van der Waals surface area contributed by atoms with E-state index < -0.39 is 10.0 Å².